The molecule has 0 spiro atoms. The van der Waals surface area contributed by atoms with Crippen molar-refractivity contribution in [2.24, 2.45) is 0 Å². The zero-order valence-electron chi connectivity index (χ0n) is 11.4. The van der Waals surface area contributed by atoms with Crippen LogP contribution < -0.4 is 0 Å². The Hall–Kier alpha value is -2.24. The van der Waals surface area contributed by atoms with Crippen LogP contribution in [-0.2, 0) is 0 Å². The highest BCUT2D eigenvalue weighted by Gasteiger charge is 2.21. The van der Waals surface area contributed by atoms with E-state index in [1.807, 2.05) is 36.4 Å². The first-order valence-electron chi connectivity index (χ1n) is 6.52. The van der Waals surface area contributed by atoms with Gasteiger partial charge in [0, 0.05) is 9.13 Å². The van der Waals surface area contributed by atoms with E-state index in [0.29, 0.717) is 11.1 Å². The molecule has 1 atom stereocenters. The van der Waals surface area contributed by atoms with Crippen molar-refractivity contribution in [3.63, 3.8) is 0 Å². The van der Waals surface area contributed by atoms with Crippen molar-refractivity contribution in [3.05, 3.63) is 69.8 Å². The average molecular weight is 402 g/mol. The minimum Gasteiger partial charge on any atom is -0.368 e. The van der Waals surface area contributed by atoms with E-state index in [4.69, 9.17) is 0 Å². The number of aromatic nitrogens is 3. The number of rotatable bonds is 3. The molecule has 22 heavy (non-hydrogen) atoms. The normalized spacial score (nSPS) is 11.9. The number of aliphatic hydroxyl groups is 1. The Morgan fingerprint density at radius 2 is 1.95 bits per heavy atom. The molecule has 0 bridgehead atoms. The maximum Gasteiger partial charge on any atom is 0.177 e. The maximum atomic E-state index is 10.5. The third-order valence-electron chi connectivity index (χ3n) is 3.33. The lowest BCUT2D eigenvalue weighted by atomic mass is 9.98. The first-order chi connectivity index (χ1) is 10.7. The molecule has 0 saturated carbocycles. The quantitative estimate of drug-likeness (QED) is 0.684. The van der Waals surface area contributed by atoms with Crippen LogP contribution in [0, 0.1) is 14.9 Å². The van der Waals surface area contributed by atoms with E-state index < -0.39 is 6.23 Å². The lowest BCUT2D eigenvalue weighted by Crippen LogP contribution is -2.14. The molecular weight excluding hydrogens is 391 g/mol. The van der Waals surface area contributed by atoms with Crippen LogP contribution in [0.1, 0.15) is 17.4 Å². The first kappa shape index (κ1) is 14.7. The lowest BCUT2D eigenvalue weighted by Gasteiger charge is -2.17. The zero-order chi connectivity index (χ0) is 15.5. The standard InChI is InChI=1S/C16H11IN4O/c17-15-13(11-4-2-1-3-5-11)7-6-12(8-18)14(15)16(22)21-10-19-9-20-21/h1-7,9-10,16,22H. The number of benzene rings is 2. The Kier molecular flexibility index (Phi) is 4.18. The smallest absolute Gasteiger partial charge is 0.177 e. The molecule has 2 aromatic carbocycles. The van der Waals surface area contributed by atoms with Gasteiger partial charge in [-0.25, -0.2) is 9.67 Å². The van der Waals surface area contributed by atoms with Gasteiger partial charge in [0.2, 0.25) is 0 Å². The van der Waals surface area contributed by atoms with Gasteiger partial charge in [-0.05, 0) is 39.8 Å². The van der Waals surface area contributed by atoms with Crippen molar-refractivity contribution < 1.29 is 5.11 Å². The predicted molar refractivity (Wildman–Crippen MR) is 89.7 cm³/mol. The minimum absolute atomic E-state index is 0.423. The van der Waals surface area contributed by atoms with Crippen LogP contribution >= 0.6 is 22.6 Å². The van der Waals surface area contributed by atoms with Crippen molar-refractivity contribution >= 4 is 22.6 Å². The predicted octanol–water partition coefficient (Wildman–Crippen LogP) is 2.96. The van der Waals surface area contributed by atoms with Crippen molar-refractivity contribution in [1.29, 1.82) is 5.26 Å². The van der Waals surface area contributed by atoms with Crippen LogP contribution in [0.5, 0.6) is 0 Å². The van der Waals surface area contributed by atoms with Crippen molar-refractivity contribution in [2.45, 2.75) is 6.23 Å². The van der Waals surface area contributed by atoms with E-state index >= 15 is 0 Å². The van der Waals surface area contributed by atoms with E-state index in [0.717, 1.165) is 14.7 Å². The van der Waals surface area contributed by atoms with Gasteiger partial charge in [0.05, 0.1) is 11.6 Å². The van der Waals surface area contributed by atoms with Crippen LogP contribution in [0.4, 0.5) is 0 Å². The number of halogens is 1. The lowest BCUT2D eigenvalue weighted by molar-refractivity contribution is 0.130. The molecule has 3 rings (SSSR count). The van der Waals surface area contributed by atoms with Crippen LogP contribution in [0.15, 0.2) is 55.1 Å². The summed E-state index contributed by atoms with van der Waals surface area (Å²) in [5.74, 6) is 0. The third-order valence-corrected chi connectivity index (χ3v) is 4.49. The molecule has 0 aliphatic rings. The van der Waals surface area contributed by atoms with Gasteiger partial charge in [-0.15, -0.1) is 0 Å². The molecular formula is C16H11IN4O. The van der Waals surface area contributed by atoms with Gasteiger partial charge in [0.1, 0.15) is 12.7 Å². The molecule has 0 aliphatic heterocycles. The van der Waals surface area contributed by atoms with Crippen LogP contribution in [0.25, 0.3) is 11.1 Å². The van der Waals surface area contributed by atoms with Gasteiger partial charge in [-0.3, -0.25) is 0 Å². The Bertz CT molecular complexity index is 825. The van der Waals surface area contributed by atoms with Crippen LogP contribution in [0.2, 0.25) is 0 Å². The highest BCUT2D eigenvalue weighted by atomic mass is 127. The molecule has 108 valence electrons. The van der Waals surface area contributed by atoms with Gasteiger partial charge >= 0.3 is 0 Å². The Morgan fingerprint density at radius 3 is 2.59 bits per heavy atom. The fourth-order valence-corrected chi connectivity index (χ4v) is 3.32. The zero-order valence-corrected chi connectivity index (χ0v) is 13.5. The second-order valence-corrected chi connectivity index (χ2v) is 5.69. The Morgan fingerprint density at radius 1 is 1.18 bits per heavy atom. The summed E-state index contributed by atoms with van der Waals surface area (Å²) in [6.45, 7) is 0. The molecule has 6 heteroatoms. The molecule has 0 amide bonds. The monoisotopic (exact) mass is 402 g/mol. The van der Waals surface area contributed by atoms with Gasteiger partial charge in [-0.1, -0.05) is 36.4 Å². The SMILES string of the molecule is N#Cc1ccc(-c2ccccc2)c(I)c1C(O)n1cncn1. The summed E-state index contributed by atoms with van der Waals surface area (Å²) in [5.41, 5.74) is 2.96. The largest absolute Gasteiger partial charge is 0.368 e. The second-order valence-electron chi connectivity index (χ2n) is 4.62. The van der Waals surface area contributed by atoms with Crippen molar-refractivity contribution in [1.82, 2.24) is 14.8 Å². The number of nitrogens with zero attached hydrogens (tertiary/aromatic N) is 4. The van der Waals surface area contributed by atoms with E-state index in [-0.39, 0.29) is 0 Å². The highest BCUT2D eigenvalue weighted by Crippen LogP contribution is 2.33. The van der Waals surface area contributed by atoms with E-state index in [1.165, 1.54) is 17.3 Å². The van der Waals surface area contributed by atoms with Crippen LogP contribution in [0.3, 0.4) is 0 Å². The minimum atomic E-state index is -1.05. The number of hydrogen-bond acceptors (Lipinski definition) is 4. The summed E-state index contributed by atoms with van der Waals surface area (Å²) in [7, 11) is 0. The average Bonchev–Trinajstić information content (AvgIpc) is 3.09. The molecule has 1 unspecified atom stereocenters. The van der Waals surface area contributed by atoms with Gasteiger partial charge < -0.3 is 5.11 Å². The van der Waals surface area contributed by atoms with E-state index in [9.17, 15) is 10.4 Å². The summed E-state index contributed by atoms with van der Waals surface area (Å²) in [4.78, 5) is 3.84. The summed E-state index contributed by atoms with van der Waals surface area (Å²) >= 11 is 2.16. The molecule has 0 fully saturated rings. The number of aliphatic hydroxyl groups excluding tert-OH is 1. The van der Waals surface area contributed by atoms with Gasteiger partial charge in [0.25, 0.3) is 0 Å². The number of nitriles is 1. The Balaban J connectivity index is 2.18. The summed E-state index contributed by atoms with van der Waals surface area (Å²) in [6.07, 6.45) is 1.73. The number of hydrogen-bond donors (Lipinski definition) is 1. The molecule has 1 aromatic heterocycles. The Labute approximate surface area is 141 Å². The van der Waals surface area contributed by atoms with Gasteiger partial charge in [0.15, 0.2) is 6.23 Å². The van der Waals surface area contributed by atoms with Gasteiger partial charge in [-0.2, -0.15) is 10.4 Å². The molecule has 0 radical (unpaired) electrons. The molecule has 0 saturated heterocycles. The van der Waals surface area contributed by atoms with E-state index in [1.54, 1.807) is 6.07 Å². The topological polar surface area (TPSA) is 74.7 Å². The fourth-order valence-electron chi connectivity index (χ4n) is 2.26. The highest BCUT2D eigenvalue weighted by molar-refractivity contribution is 14.1. The fraction of sp³-hybridized carbons (Fsp3) is 0.0625. The van der Waals surface area contributed by atoms with Crippen LogP contribution in [-0.4, -0.2) is 19.9 Å². The van der Waals surface area contributed by atoms with Crippen molar-refractivity contribution in [3.8, 4) is 17.2 Å². The molecule has 0 aliphatic carbocycles. The third kappa shape index (κ3) is 2.61. The van der Waals surface area contributed by atoms with Crippen molar-refractivity contribution in [2.75, 3.05) is 0 Å². The molecule has 1 N–H and O–H groups in total. The summed E-state index contributed by atoms with van der Waals surface area (Å²) < 4.78 is 2.15. The summed E-state index contributed by atoms with van der Waals surface area (Å²) in [5, 5.41) is 23.8. The summed E-state index contributed by atoms with van der Waals surface area (Å²) in [6, 6.07) is 15.6. The first-order valence-corrected chi connectivity index (χ1v) is 7.60. The second kappa shape index (κ2) is 6.25. The maximum absolute atomic E-state index is 10.5. The van der Waals surface area contributed by atoms with E-state index in [2.05, 4.69) is 38.7 Å². The molecule has 5 nitrogen and oxygen atoms in total. The molecule has 3 aromatic rings. The molecule has 1 heterocycles.